The minimum Gasteiger partial charge on any atom is -0.495 e. The van der Waals surface area contributed by atoms with E-state index in [0.717, 1.165) is 0 Å². The summed E-state index contributed by atoms with van der Waals surface area (Å²) in [7, 11) is 4.78. The van der Waals surface area contributed by atoms with E-state index in [1.54, 1.807) is 50.5 Å². The fourth-order valence-corrected chi connectivity index (χ4v) is 3.43. The van der Waals surface area contributed by atoms with Gasteiger partial charge in [-0.25, -0.2) is 4.39 Å². The van der Waals surface area contributed by atoms with Crippen molar-refractivity contribution in [2.24, 2.45) is 0 Å². The molecule has 2 aromatic rings. The van der Waals surface area contributed by atoms with E-state index in [4.69, 9.17) is 9.47 Å². The summed E-state index contributed by atoms with van der Waals surface area (Å²) in [5.41, 5.74) is 1.05. The van der Waals surface area contributed by atoms with Gasteiger partial charge in [0.25, 0.3) is 5.91 Å². The van der Waals surface area contributed by atoms with Crippen LogP contribution < -0.4 is 10.1 Å². The van der Waals surface area contributed by atoms with Crippen molar-refractivity contribution in [2.45, 2.75) is 6.04 Å². The number of nitrogens with zero attached hydrogens (tertiary/aromatic N) is 2. The highest BCUT2D eigenvalue weighted by atomic mass is 19.1. The number of methoxy groups -OCH3 is 1. The Morgan fingerprint density at radius 2 is 1.87 bits per heavy atom. The number of carbonyl (C=O) groups excluding carboxylic acids is 2. The number of hydrogen-bond donors (Lipinski definition) is 1. The van der Waals surface area contributed by atoms with Gasteiger partial charge in [-0.2, -0.15) is 0 Å². The molecule has 3 rings (SSSR count). The number of nitrogens with one attached hydrogen (secondary N) is 1. The molecule has 0 unspecified atom stereocenters. The molecule has 1 aliphatic rings. The summed E-state index contributed by atoms with van der Waals surface area (Å²) in [5, 5.41) is 2.83. The highest BCUT2D eigenvalue weighted by Gasteiger charge is 2.31. The third-order valence-corrected chi connectivity index (χ3v) is 4.97. The Hall–Kier alpha value is -2.97. The van der Waals surface area contributed by atoms with Crippen LogP contribution in [0, 0.1) is 5.82 Å². The van der Waals surface area contributed by atoms with Crippen molar-refractivity contribution < 1.29 is 23.5 Å². The van der Waals surface area contributed by atoms with Crippen LogP contribution in [0.15, 0.2) is 42.5 Å². The molecule has 0 saturated carbocycles. The van der Waals surface area contributed by atoms with Gasteiger partial charge >= 0.3 is 0 Å². The van der Waals surface area contributed by atoms with Crippen LogP contribution in [0.2, 0.25) is 0 Å². The molecule has 160 valence electrons. The molecule has 1 atom stereocenters. The van der Waals surface area contributed by atoms with E-state index in [0.29, 0.717) is 43.3 Å². The van der Waals surface area contributed by atoms with Crippen LogP contribution in [0.3, 0.4) is 0 Å². The zero-order chi connectivity index (χ0) is 21.7. The molecule has 2 aromatic carbocycles. The van der Waals surface area contributed by atoms with Crippen molar-refractivity contribution in [2.75, 3.05) is 52.8 Å². The minimum atomic E-state index is -0.840. The van der Waals surface area contributed by atoms with Crippen molar-refractivity contribution in [3.05, 3.63) is 59.4 Å². The number of benzene rings is 2. The van der Waals surface area contributed by atoms with E-state index in [-0.39, 0.29) is 11.5 Å². The van der Waals surface area contributed by atoms with Crippen molar-refractivity contribution in [3.8, 4) is 5.75 Å². The van der Waals surface area contributed by atoms with Crippen molar-refractivity contribution in [1.29, 1.82) is 0 Å². The Balaban J connectivity index is 1.95. The van der Waals surface area contributed by atoms with Gasteiger partial charge in [-0.1, -0.05) is 18.2 Å². The summed E-state index contributed by atoms with van der Waals surface area (Å²) in [6, 6.07) is 10.2. The van der Waals surface area contributed by atoms with Crippen LogP contribution in [-0.2, 0) is 9.53 Å². The van der Waals surface area contributed by atoms with E-state index >= 15 is 0 Å². The molecule has 2 amide bonds. The Labute approximate surface area is 175 Å². The first-order chi connectivity index (χ1) is 14.4. The monoisotopic (exact) mass is 415 g/mol. The molecule has 0 aromatic heterocycles. The fraction of sp³-hybridized carbons (Fsp3) is 0.364. The van der Waals surface area contributed by atoms with Crippen LogP contribution in [-0.4, -0.2) is 69.1 Å². The Morgan fingerprint density at radius 3 is 2.50 bits per heavy atom. The second-order valence-corrected chi connectivity index (χ2v) is 7.18. The number of halogens is 1. The molecular weight excluding hydrogens is 389 g/mol. The van der Waals surface area contributed by atoms with Gasteiger partial charge in [0.15, 0.2) is 0 Å². The molecule has 8 heteroatoms. The van der Waals surface area contributed by atoms with Crippen LogP contribution in [0.1, 0.15) is 22.0 Å². The molecule has 0 aliphatic carbocycles. The Morgan fingerprint density at radius 1 is 1.17 bits per heavy atom. The highest BCUT2D eigenvalue weighted by Crippen LogP contribution is 2.30. The van der Waals surface area contributed by atoms with E-state index in [2.05, 4.69) is 5.32 Å². The first kappa shape index (κ1) is 21.7. The minimum absolute atomic E-state index is 0.202. The molecule has 1 saturated heterocycles. The average molecular weight is 415 g/mol. The van der Waals surface area contributed by atoms with Gasteiger partial charge in [-0.05, 0) is 24.3 Å². The molecule has 1 heterocycles. The normalized spacial score (nSPS) is 15.3. The summed E-state index contributed by atoms with van der Waals surface area (Å²) < 4.78 is 25.3. The summed E-state index contributed by atoms with van der Waals surface area (Å²) in [6.07, 6.45) is 0. The lowest BCUT2D eigenvalue weighted by Crippen LogP contribution is -2.44. The summed E-state index contributed by atoms with van der Waals surface area (Å²) >= 11 is 0. The van der Waals surface area contributed by atoms with E-state index in [1.807, 2.05) is 4.90 Å². The molecule has 30 heavy (non-hydrogen) atoms. The van der Waals surface area contributed by atoms with Crippen LogP contribution in [0.25, 0.3) is 0 Å². The summed E-state index contributed by atoms with van der Waals surface area (Å²) in [5.74, 6) is -0.651. The maximum atomic E-state index is 14.6. The highest BCUT2D eigenvalue weighted by molar-refractivity contribution is 6.00. The van der Waals surface area contributed by atoms with E-state index < -0.39 is 17.8 Å². The van der Waals surface area contributed by atoms with Gasteiger partial charge in [-0.3, -0.25) is 14.5 Å². The first-order valence-electron chi connectivity index (χ1n) is 9.69. The lowest BCUT2D eigenvalue weighted by molar-refractivity contribution is -0.123. The smallest absolute Gasteiger partial charge is 0.253 e. The van der Waals surface area contributed by atoms with Gasteiger partial charge in [0.05, 0.1) is 26.0 Å². The fourth-order valence-electron chi connectivity index (χ4n) is 3.43. The standard InChI is InChI=1S/C22H26FN3O4/c1-25(2)22(28)15-8-9-19(29-3)18(14-15)24-21(27)20(26-10-12-30-13-11-26)16-6-4-5-7-17(16)23/h4-9,14,20H,10-13H2,1-3H3,(H,24,27)/t20-/m1/s1. The number of hydrogen-bond acceptors (Lipinski definition) is 5. The predicted molar refractivity (Wildman–Crippen MR) is 111 cm³/mol. The zero-order valence-corrected chi connectivity index (χ0v) is 17.4. The van der Waals surface area contributed by atoms with E-state index in [1.165, 1.54) is 18.1 Å². The lowest BCUT2D eigenvalue weighted by atomic mass is 10.0. The Bertz CT molecular complexity index is 913. The third kappa shape index (κ3) is 4.77. The maximum absolute atomic E-state index is 14.6. The van der Waals surface area contributed by atoms with Gasteiger partial charge in [-0.15, -0.1) is 0 Å². The third-order valence-electron chi connectivity index (χ3n) is 4.97. The average Bonchev–Trinajstić information content (AvgIpc) is 2.75. The molecule has 1 fully saturated rings. The molecular formula is C22H26FN3O4. The largest absolute Gasteiger partial charge is 0.495 e. The molecule has 1 aliphatic heterocycles. The number of carbonyl (C=O) groups is 2. The number of rotatable bonds is 6. The number of morpholine rings is 1. The second kappa shape index (κ2) is 9.69. The summed E-state index contributed by atoms with van der Waals surface area (Å²) in [4.78, 5) is 29.0. The Kier molecular flexibility index (Phi) is 7.02. The number of amides is 2. The van der Waals surface area contributed by atoms with Crippen molar-refractivity contribution in [1.82, 2.24) is 9.80 Å². The topological polar surface area (TPSA) is 71.1 Å². The van der Waals surface area contributed by atoms with Crippen molar-refractivity contribution in [3.63, 3.8) is 0 Å². The molecule has 0 bridgehead atoms. The van der Waals surface area contributed by atoms with Crippen LogP contribution in [0.4, 0.5) is 10.1 Å². The SMILES string of the molecule is COc1ccc(C(=O)N(C)C)cc1NC(=O)[C@@H](c1ccccc1F)N1CCOCC1. The number of ether oxygens (including phenoxy) is 2. The first-order valence-corrected chi connectivity index (χ1v) is 9.69. The van der Waals surface area contributed by atoms with Crippen LogP contribution in [0.5, 0.6) is 5.75 Å². The maximum Gasteiger partial charge on any atom is 0.253 e. The molecule has 1 N–H and O–H groups in total. The van der Waals surface area contributed by atoms with Crippen LogP contribution >= 0.6 is 0 Å². The van der Waals surface area contributed by atoms with Gasteiger partial charge < -0.3 is 19.7 Å². The molecule has 7 nitrogen and oxygen atoms in total. The molecule has 0 spiro atoms. The number of anilines is 1. The van der Waals surface area contributed by atoms with E-state index in [9.17, 15) is 14.0 Å². The predicted octanol–water partition coefficient (Wildman–Crippen LogP) is 2.55. The lowest BCUT2D eigenvalue weighted by Gasteiger charge is -2.34. The zero-order valence-electron chi connectivity index (χ0n) is 17.4. The molecule has 0 radical (unpaired) electrons. The van der Waals surface area contributed by atoms with Gasteiger partial charge in [0.2, 0.25) is 5.91 Å². The summed E-state index contributed by atoms with van der Waals surface area (Å²) in [6.45, 7) is 1.94. The second-order valence-electron chi connectivity index (χ2n) is 7.18. The van der Waals surface area contributed by atoms with Crippen molar-refractivity contribution >= 4 is 17.5 Å². The van der Waals surface area contributed by atoms with Gasteiger partial charge in [0, 0.05) is 38.3 Å². The van der Waals surface area contributed by atoms with Gasteiger partial charge in [0.1, 0.15) is 17.6 Å². The quantitative estimate of drug-likeness (QED) is 0.785.